The fourth-order valence-electron chi connectivity index (χ4n) is 3.18. The van der Waals surface area contributed by atoms with Gasteiger partial charge < -0.3 is 20.4 Å². The molecule has 0 saturated carbocycles. The third-order valence-electron chi connectivity index (χ3n) is 4.83. The number of urea groups is 1. The molecule has 0 aliphatic carbocycles. The molecule has 0 radical (unpaired) electrons. The largest absolute Gasteiger partial charge is 0.352 e. The zero-order chi connectivity index (χ0) is 20.9. The predicted octanol–water partition coefficient (Wildman–Crippen LogP) is 3.93. The summed E-state index contributed by atoms with van der Waals surface area (Å²) in [5.41, 5.74) is 1.67. The monoisotopic (exact) mass is 423 g/mol. The SMILES string of the molecule is Cc1ccc(NC(=O)N2CCN(c3ccc(Nc4ccccn4)nn3)CC2)c(Cl)c1. The Labute approximate surface area is 179 Å². The number of rotatable bonds is 4. The van der Waals surface area contributed by atoms with E-state index in [1.165, 1.54) is 0 Å². The number of piperazine rings is 1. The molecule has 1 aliphatic heterocycles. The lowest BCUT2D eigenvalue weighted by Gasteiger charge is -2.35. The molecule has 1 saturated heterocycles. The molecule has 0 atom stereocenters. The van der Waals surface area contributed by atoms with Crippen molar-refractivity contribution >= 4 is 40.8 Å². The van der Waals surface area contributed by atoms with Gasteiger partial charge >= 0.3 is 6.03 Å². The number of nitrogens with one attached hydrogen (secondary N) is 2. The lowest BCUT2D eigenvalue weighted by molar-refractivity contribution is 0.208. The highest BCUT2D eigenvalue weighted by atomic mass is 35.5. The molecule has 9 heteroatoms. The maximum atomic E-state index is 12.6. The molecule has 1 aliphatic rings. The van der Waals surface area contributed by atoms with Crippen LogP contribution in [0.25, 0.3) is 0 Å². The molecule has 0 bridgehead atoms. The summed E-state index contributed by atoms with van der Waals surface area (Å²) in [6, 6.07) is 14.8. The van der Waals surface area contributed by atoms with Crippen LogP contribution in [0.3, 0.4) is 0 Å². The van der Waals surface area contributed by atoms with Crippen LogP contribution in [-0.2, 0) is 0 Å². The van der Waals surface area contributed by atoms with Gasteiger partial charge in [-0.25, -0.2) is 9.78 Å². The van der Waals surface area contributed by atoms with Crippen LogP contribution in [-0.4, -0.2) is 52.3 Å². The van der Waals surface area contributed by atoms with Gasteiger partial charge in [-0.15, -0.1) is 10.2 Å². The van der Waals surface area contributed by atoms with E-state index < -0.39 is 0 Å². The third kappa shape index (κ3) is 4.77. The van der Waals surface area contributed by atoms with Crippen molar-refractivity contribution in [1.29, 1.82) is 0 Å². The molecule has 1 fully saturated rings. The van der Waals surface area contributed by atoms with Gasteiger partial charge in [0.05, 0.1) is 10.7 Å². The second kappa shape index (κ2) is 8.96. The van der Waals surface area contributed by atoms with Gasteiger partial charge in [-0.3, -0.25) is 0 Å². The van der Waals surface area contributed by atoms with E-state index in [-0.39, 0.29) is 6.03 Å². The number of aromatic nitrogens is 3. The van der Waals surface area contributed by atoms with Crippen molar-refractivity contribution in [3.63, 3.8) is 0 Å². The molecular formula is C21H22ClN7O. The van der Waals surface area contributed by atoms with E-state index in [2.05, 4.69) is 30.7 Å². The molecule has 0 unspecified atom stereocenters. The summed E-state index contributed by atoms with van der Waals surface area (Å²) < 4.78 is 0. The third-order valence-corrected chi connectivity index (χ3v) is 5.14. The summed E-state index contributed by atoms with van der Waals surface area (Å²) in [5.74, 6) is 2.13. The van der Waals surface area contributed by atoms with E-state index in [9.17, 15) is 4.79 Å². The van der Waals surface area contributed by atoms with Crippen molar-refractivity contribution in [3.05, 3.63) is 65.3 Å². The van der Waals surface area contributed by atoms with Crippen LogP contribution in [0.1, 0.15) is 5.56 Å². The molecule has 2 aromatic heterocycles. The van der Waals surface area contributed by atoms with Gasteiger partial charge in [0.2, 0.25) is 0 Å². The summed E-state index contributed by atoms with van der Waals surface area (Å²) in [6.07, 6.45) is 1.71. The van der Waals surface area contributed by atoms with E-state index >= 15 is 0 Å². The summed E-state index contributed by atoms with van der Waals surface area (Å²) >= 11 is 6.21. The first-order valence-corrected chi connectivity index (χ1v) is 10.0. The molecule has 0 spiro atoms. The van der Waals surface area contributed by atoms with Crippen LogP contribution >= 0.6 is 11.6 Å². The van der Waals surface area contributed by atoms with Crippen LogP contribution in [0, 0.1) is 6.92 Å². The number of benzene rings is 1. The Kier molecular flexibility index (Phi) is 5.94. The van der Waals surface area contributed by atoms with E-state index in [4.69, 9.17) is 11.6 Å². The highest BCUT2D eigenvalue weighted by Crippen LogP contribution is 2.23. The molecule has 8 nitrogen and oxygen atoms in total. The minimum atomic E-state index is -0.151. The minimum Gasteiger partial charge on any atom is -0.352 e. The van der Waals surface area contributed by atoms with Crippen LogP contribution < -0.4 is 15.5 Å². The number of nitrogens with zero attached hydrogens (tertiary/aromatic N) is 5. The summed E-state index contributed by atoms with van der Waals surface area (Å²) in [7, 11) is 0. The molecule has 2 amide bonds. The first-order valence-electron chi connectivity index (χ1n) is 9.67. The topological polar surface area (TPSA) is 86.3 Å². The van der Waals surface area contributed by atoms with E-state index in [0.29, 0.717) is 48.5 Å². The molecular weight excluding hydrogens is 402 g/mol. The average Bonchev–Trinajstić information content (AvgIpc) is 2.77. The van der Waals surface area contributed by atoms with Crippen molar-refractivity contribution < 1.29 is 4.79 Å². The maximum absolute atomic E-state index is 12.6. The lowest BCUT2D eigenvalue weighted by Crippen LogP contribution is -2.50. The summed E-state index contributed by atoms with van der Waals surface area (Å²) in [6.45, 7) is 4.49. The van der Waals surface area contributed by atoms with Crippen molar-refractivity contribution in [1.82, 2.24) is 20.1 Å². The highest BCUT2D eigenvalue weighted by molar-refractivity contribution is 6.33. The zero-order valence-electron chi connectivity index (χ0n) is 16.5. The Morgan fingerprint density at radius 2 is 1.83 bits per heavy atom. The molecule has 154 valence electrons. The number of pyridine rings is 1. The molecule has 4 rings (SSSR count). The number of amides is 2. The van der Waals surface area contributed by atoms with Crippen LogP contribution in [0.4, 0.5) is 27.9 Å². The summed E-state index contributed by atoms with van der Waals surface area (Å²) in [4.78, 5) is 20.7. The maximum Gasteiger partial charge on any atom is 0.322 e. The van der Waals surface area contributed by atoms with E-state index in [1.807, 2.05) is 55.5 Å². The van der Waals surface area contributed by atoms with Gasteiger partial charge in [0.25, 0.3) is 0 Å². The standard InChI is InChI=1S/C21H22ClN7O/c1-15-5-6-17(16(22)14-15)24-21(30)29-12-10-28(11-13-29)20-8-7-19(26-27-20)25-18-4-2-3-9-23-18/h2-9,14H,10-13H2,1H3,(H,24,30)(H,23,25,26). The Hall–Kier alpha value is -3.39. The predicted molar refractivity (Wildman–Crippen MR) is 119 cm³/mol. The van der Waals surface area contributed by atoms with Crippen molar-refractivity contribution in [2.45, 2.75) is 6.92 Å². The fraction of sp³-hybridized carbons (Fsp3) is 0.238. The van der Waals surface area contributed by atoms with E-state index in [1.54, 1.807) is 11.1 Å². The Bertz CT molecular complexity index is 1010. The number of hydrogen-bond acceptors (Lipinski definition) is 6. The Balaban J connectivity index is 1.31. The van der Waals surface area contributed by atoms with Gasteiger partial charge in [0.1, 0.15) is 5.82 Å². The zero-order valence-corrected chi connectivity index (χ0v) is 17.3. The van der Waals surface area contributed by atoms with Gasteiger partial charge in [0.15, 0.2) is 11.6 Å². The molecule has 1 aromatic carbocycles. The fourth-order valence-corrected chi connectivity index (χ4v) is 3.47. The number of halogens is 1. The number of anilines is 4. The first kappa shape index (κ1) is 19.9. The molecule has 2 N–H and O–H groups in total. The van der Waals surface area contributed by atoms with Gasteiger partial charge in [-0.1, -0.05) is 23.7 Å². The van der Waals surface area contributed by atoms with Crippen LogP contribution in [0.5, 0.6) is 0 Å². The number of carbonyl (C=O) groups excluding carboxylic acids is 1. The Morgan fingerprint density at radius 1 is 1.00 bits per heavy atom. The number of carbonyl (C=O) groups is 1. The summed E-state index contributed by atoms with van der Waals surface area (Å²) in [5, 5.41) is 15.1. The molecule has 30 heavy (non-hydrogen) atoms. The Morgan fingerprint density at radius 3 is 2.50 bits per heavy atom. The average molecular weight is 424 g/mol. The quantitative estimate of drug-likeness (QED) is 0.661. The van der Waals surface area contributed by atoms with Gasteiger partial charge in [-0.05, 0) is 48.9 Å². The van der Waals surface area contributed by atoms with E-state index in [0.717, 1.165) is 11.4 Å². The molecule has 3 heterocycles. The highest BCUT2D eigenvalue weighted by Gasteiger charge is 2.22. The van der Waals surface area contributed by atoms with Crippen molar-refractivity contribution in [2.24, 2.45) is 0 Å². The minimum absolute atomic E-state index is 0.151. The molecule has 3 aromatic rings. The number of hydrogen-bond donors (Lipinski definition) is 2. The van der Waals surface area contributed by atoms with Crippen molar-refractivity contribution in [3.8, 4) is 0 Å². The second-order valence-corrected chi connectivity index (χ2v) is 7.41. The van der Waals surface area contributed by atoms with Crippen LogP contribution in [0.2, 0.25) is 5.02 Å². The lowest BCUT2D eigenvalue weighted by atomic mass is 10.2. The number of aryl methyl sites for hydroxylation is 1. The van der Waals surface area contributed by atoms with Gasteiger partial charge in [0, 0.05) is 32.4 Å². The van der Waals surface area contributed by atoms with Crippen LogP contribution in [0.15, 0.2) is 54.7 Å². The first-order chi connectivity index (χ1) is 14.6. The van der Waals surface area contributed by atoms with Gasteiger partial charge in [-0.2, -0.15) is 0 Å². The smallest absolute Gasteiger partial charge is 0.322 e. The van der Waals surface area contributed by atoms with Crippen molar-refractivity contribution in [2.75, 3.05) is 41.7 Å². The second-order valence-electron chi connectivity index (χ2n) is 7.00. The normalized spacial score (nSPS) is 13.8.